The minimum atomic E-state index is -1.04. The van der Waals surface area contributed by atoms with E-state index in [-0.39, 0.29) is 30.0 Å². The van der Waals surface area contributed by atoms with Gasteiger partial charge in [0.2, 0.25) is 0 Å². The number of hydrogen-bond acceptors (Lipinski definition) is 3. The van der Waals surface area contributed by atoms with Crippen molar-refractivity contribution in [3.05, 3.63) is 70.8 Å². The van der Waals surface area contributed by atoms with Crippen LogP contribution in [-0.2, 0) is 11.2 Å². The van der Waals surface area contributed by atoms with Gasteiger partial charge in [0.15, 0.2) is 5.78 Å². The van der Waals surface area contributed by atoms with Crippen LogP contribution in [0, 0.1) is 0 Å². The van der Waals surface area contributed by atoms with Crippen LogP contribution in [0.3, 0.4) is 0 Å². The fourth-order valence-electron chi connectivity index (χ4n) is 2.44. The lowest BCUT2D eigenvalue weighted by molar-refractivity contribution is -0.117. The van der Waals surface area contributed by atoms with Gasteiger partial charge in [0, 0.05) is 12.0 Å². The number of carboxylic acids is 1. The molecule has 0 aliphatic carbocycles. The van der Waals surface area contributed by atoms with E-state index in [0.29, 0.717) is 17.0 Å². The first kappa shape index (κ1) is 17.6. The molecule has 0 saturated heterocycles. The lowest BCUT2D eigenvalue weighted by atomic mass is 9.97. The molecule has 0 unspecified atom stereocenters. The molecule has 0 amide bonds. The fourth-order valence-corrected chi connectivity index (χ4v) is 2.44. The van der Waals surface area contributed by atoms with Gasteiger partial charge in [-0.2, -0.15) is 0 Å². The van der Waals surface area contributed by atoms with Crippen LogP contribution in [-0.4, -0.2) is 22.6 Å². The summed E-state index contributed by atoms with van der Waals surface area (Å²) >= 11 is 0. The Bertz CT molecular complexity index is 757. The summed E-state index contributed by atoms with van der Waals surface area (Å²) in [6, 6.07) is 13.5. The van der Waals surface area contributed by atoms with Crippen LogP contribution in [0.25, 0.3) is 0 Å². The average Bonchev–Trinajstić information content (AvgIpc) is 2.55. The van der Waals surface area contributed by atoms with Crippen LogP contribution in [0.4, 0.5) is 0 Å². The van der Waals surface area contributed by atoms with Gasteiger partial charge in [0.25, 0.3) is 0 Å². The largest absolute Gasteiger partial charge is 0.478 e. The zero-order chi connectivity index (χ0) is 17.7. The van der Waals surface area contributed by atoms with Crippen molar-refractivity contribution in [2.75, 3.05) is 0 Å². The molecule has 0 aliphatic rings. The van der Waals surface area contributed by atoms with Gasteiger partial charge < -0.3 is 5.11 Å². The van der Waals surface area contributed by atoms with Crippen molar-refractivity contribution in [2.24, 2.45) is 0 Å². The highest BCUT2D eigenvalue weighted by Crippen LogP contribution is 2.16. The molecule has 4 heteroatoms. The molecule has 0 saturated carbocycles. The normalized spacial score (nSPS) is 10.6. The number of hydrogen-bond donors (Lipinski definition) is 1. The number of benzene rings is 2. The first-order valence-corrected chi connectivity index (χ1v) is 7.84. The zero-order valence-corrected chi connectivity index (χ0v) is 13.8. The van der Waals surface area contributed by atoms with E-state index in [4.69, 9.17) is 5.11 Å². The molecule has 124 valence electrons. The van der Waals surface area contributed by atoms with Crippen LogP contribution < -0.4 is 0 Å². The summed E-state index contributed by atoms with van der Waals surface area (Å²) in [5, 5.41) is 8.96. The summed E-state index contributed by atoms with van der Waals surface area (Å²) in [5.41, 5.74) is 2.40. The molecule has 2 rings (SSSR count). The van der Waals surface area contributed by atoms with E-state index in [1.54, 1.807) is 24.3 Å². The van der Waals surface area contributed by atoms with Gasteiger partial charge >= 0.3 is 5.97 Å². The van der Waals surface area contributed by atoms with Crippen LogP contribution in [0.5, 0.6) is 0 Å². The Kier molecular flexibility index (Phi) is 5.64. The summed E-state index contributed by atoms with van der Waals surface area (Å²) in [7, 11) is 0. The molecular formula is C20H20O4. The monoisotopic (exact) mass is 324 g/mol. The Balaban J connectivity index is 2.00. The number of Topliss-reactive ketones (excluding diaryl/α,β-unsaturated/α-hetero) is 2. The quantitative estimate of drug-likeness (QED) is 0.619. The highest BCUT2D eigenvalue weighted by Gasteiger charge is 2.13. The van der Waals surface area contributed by atoms with Crippen molar-refractivity contribution in [1.82, 2.24) is 0 Å². The van der Waals surface area contributed by atoms with E-state index in [0.717, 1.165) is 5.56 Å². The molecule has 0 radical (unpaired) electrons. The predicted octanol–water partition coefficient (Wildman–Crippen LogP) is 3.89. The number of rotatable bonds is 7. The highest BCUT2D eigenvalue weighted by atomic mass is 16.4. The molecule has 2 aromatic carbocycles. The smallest absolute Gasteiger partial charge is 0.335 e. The lowest BCUT2D eigenvalue weighted by Gasteiger charge is -2.06. The lowest BCUT2D eigenvalue weighted by Crippen LogP contribution is -2.11. The number of ketones is 2. The Morgan fingerprint density at radius 1 is 0.958 bits per heavy atom. The van der Waals surface area contributed by atoms with E-state index in [1.807, 2.05) is 12.1 Å². The fraction of sp³-hybridized carbons (Fsp3) is 0.250. The van der Waals surface area contributed by atoms with Crippen LogP contribution in [0.2, 0.25) is 0 Å². The van der Waals surface area contributed by atoms with Gasteiger partial charge in [-0.3, -0.25) is 9.59 Å². The second-order valence-electron chi connectivity index (χ2n) is 6.10. The van der Waals surface area contributed by atoms with Crippen LogP contribution in [0.15, 0.2) is 48.5 Å². The summed E-state index contributed by atoms with van der Waals surface area (Å²) < 4.78 is 0. The first-order chi connectivity index (χ1) is 11.4. The molecule has 2 aromatic rings. The number of carboxylic acid groups (broad SMARTS) is 1. The van der Waals surface area contributed by atoms with Crippen LogP contribution in [0.1, 0.15) is 58.0 Å². The number of carbonyl (C=O) groups is 3. The zero-order valence-electron chi connectivity index (χ0n) is 13.8. The minimum Gasteiger partial charge on any atom is -0.478 e. The predicted molar refractivity (Wildman–Crippen MR) is 91.6 cm³/mol. The summed E-state index contributed by atoms with van der Waals surface area (Å²) in [5.74, 6) is -1.09. The summed E-state index contributed by atoms with van der Waals surface area (Å²) in [6.07, 6.45) is -0.130. The molecule has 0 heterocycles. The molecular weight excluding hydrogens is 304 g/mol. The third-order valence-corrected chi connectivity index (χ3v) is 3.83. The maximum atomic E-state index is 12.2. The second-order valence-corrected chi connectivity index (χ2v) is 6.10. The van der Waals surface area contributed by atoms with E-state index < -0.39 is 5.97 Å². The molecule has 4 nitrogen and oxygen atoms in total. The third kappa shape index (κ3) is 4.62. The van der Waals surface area contributed by atoms with Crippen molar-refractivity contribution in [3.63, 3.8) is 0 Å². The van der Waals surface area contributed by atoms with Gasteiger partial charge in [-0.25, -0.2) is 4.79 Å². The van der Waals surface area contributed by atoms with Crippen molar-refractivity contribution in [2.45, 2.75) is 32.6 Å². The first-order valence-electron chi connectivity index (χ1n) is 7.84. The molecule has 0 fully saturated rings. The third-order valence-electron chi connectivity index (χ3n) is 3.83. The maximum absolute atomic E-state index is 12.2. The molecule has 0 bridgehead atoms. The van der Waals surface area contributed by atoms with E-state index in [9.17, 15) is 14.4 Å². The molecule has 0 aromatic heterocycles. The van der Waals surface area contributed by atoms with Crippen molar-refractivity contribution in [1.29, 1.82) is 0 Å². The van der Waals surface area contributed by atoms with Gasteiger partial charge in [-0.1, -0.05) is 50.2 Å². The SMILES string of the molecule is CC(C)c1ccc(C(=O)CC(=O)Cc2cccc(C(=O)O)c2)cc1. The van der Waals surface area contributed by atoms with Crippen LogP contribution >= 0.6 is 0 Å². The molecule has 0 aliphatic heterocycles. The minimum absolute atomic E-state index is 0.0525. The van der Waals surface area contributed by atoms with Crippen molar-refractivity contribution >= 4 is 17.5 Å². The van der Waals surface area contributed by atoms with E-state index in [2.05, 4.69) is 13.8 Å². The Labute approximate surface area is 141 Å². The molecule has 24 heavy (non-hydrogen) atoms. The van der Waals surface area contributed by atoms with Crippen molar-refractivity contribution in [3.8, 4) is 0 Å². The van der Waals surface area contributed by atoms with Gasteiger partial charge in [0.1, 0.15) is 5.78 Å². The number of carbonyl (C=O) groups excluding carboxylic acids is 2. The Hall–Kier alpha value is -2.75. The maximum Gasteiger partial charge on any atom is 0.335 e. The van der Waals surface area contributed by atoms with E-state index in [1.165, 1.54) is 12.1 Å². The van der Waals surface area contributed by atoms with Gasteiger partial charge in [-0.05, 0) is 29.2 Å². The second kappa shape index (κ2) is 7.68. The highest BCUT2D eigenvalue weighted by molar-refractivity contribution is 6.08. The molecule has 0 atom stereocenters. The van der Waals surface area contributed by atoms with Crippen molar-refractivity contribution < 1.29 is 19.5 Å². The standard InChI is InChI=1S/C20H20O4/c1-13(2)15-6-8-16(9-7-15)19(22)12-18(21)11-14-4-3-5-17(10-14)20(23)24/h3-10,13H,11-12H2,1-2H3,(H,23,24). The summed E-state index contributed by atoms with van der Waals surface area (Å²) in [4.78, 5) is 35.2. The topological polar surface area (TPSA) is 71.4 Å². The number of aromatic carboxylic acids is 1. The average molecular weight is 324 g/mol. The molecule has 1 N–H and O–H groups in total. The molecule has 0 spiro atoms. The Morgan fingerprint density at radius 2 is 1.62 bits per heavy atom. The van der Waals surface area contributed by atoms with Gasteiger partial charge in [0.05, 0.1) is 12.0 Å². The summed E-state index contributed by atoms with van der Waals surface area (Å²) in [6.45, 7) is 4.15. The van der Waals surface area contributed by atoms with Gasteiger partial charge in [-0.15, -0.1) is 0 Å². The Morgan fingerprint density at radius 3 is 2.21 bits per heavy atom. The van der Waals surface area contributed by atoms with E-state index >= 15 is 0 Å².